The number of anilines is 1. The van der Waals surface area contributed by atoms with Gasteiger partial charge in [0.05, 0.1) is 18.0 Å². The Bertz CT molecular complexity index is 1150. The molecule has 0 heterocycles. The van der Waals surface area contributed by atoms with E-state index in [-0.39, 0.29) is 12.6 Å². The Hall–Kier alpha value is -3.32. The van der Waals surface area contributed by atoms with Crippen molar-refractivity contribution in [3.8, 4) is 11.5 Å². The number of carbonyl (C=O) groups is 1. The van der Waals surface area contributed by atoms with Gasteiger partial charge in [0, 0.05) is 0 Å². The highest BCUT2D eigenvalue weighted by Gasteiger charge is 2.25. The first-order chi connectivity index (χ1) is 15.3. The summed E-state index contributed by atoms with van der Waals surface area (Å²) < 4.78 is 32.2. The zero-order valence-electron chi connectivity index (χ0n) is 18.5. The molecular formula is C25H28N2O4S. The first-order valence-electron chi connectivity index (χ1n) is 10.4. The van der Waals surface area contributed by atoms with Crippen LogP contribution in [0.1, 0.15) is 30.5 Å². The molecule has 0 saturated carbocycles. The van der Waals surface area contributed by atoms with Gasteiger partial charge in [-0.15, -0.1) is 0 Å². The van der Waals surface area contributed by atoms with E-state index in [1.807, 2.05) is 56.3 Å². The van der Waals surface area contributed by atoms with Crippen LogP contribution in [-0.4, -0.2) is 27.1 Å². The Kier molecular flexibility index (Phi) is 7.53. The molecule has 1 N–H and O–H groups in total. The van der Waals surface area contributed by atoms with Gasteiger partial charge in [-0.3, -0.25) is 9.10 Å². The maximum atomic E-state index is 12.9. The van der Waals surface area contributed by atoms with E-state index in [0.717, 1.165) is 21.7 Å². The molecule has 0 aliphatic rings. The van der Waals surface area contributed by atoms with Gasteiger partial charge in [0.1, 0.15) is 12.3 Å². The molecule has 32 heavy (non-hydrogen) atoms. The van der Waals surface area contributed by atoms with Crippen molar-refractivity contribution < 1.29 is 17.9 Å². The lowest BCUT2D eigenvalue weighted by molar-refractivity contribution is -0.120. The molecule has 1 atom stereocenters. The lowest BCUT2D eigenvalue weighted by Crippen LogP contribution is -2.41. The molecule has 3 aromatic carbocycles. The summed E-state index contributed by atoms with van der Waals surface area (Å²) in [4.78, 5) is 12.9. The number of hydrogen-bond acceptors (Lipinski definition) is 4. The molecule has 3 rings (SSSR count). The number of ether oxygens (including phenoxy) is 1. The summed E-state index contributed by atoms with van der Waals surface area (Å²) in [7, 11) is -3.75. The molecule has 7 heteroatoms. The maximum Gasteiger partial charge on any atom is 0.241 e. The largest absolute Gasteiger partial charge is 0.455 e. The van der Waals surface area contributed by atoms with Gasteiger partial charge in [0.25, 0.3) is 0 Å². The van der Waals surface area contributed by atoms with E-state index in [9.17, 15) is 13.2 Å². The summed E-state index contributed by atoms with van der Waals surface area (Å²) >= 11 is 0. The Morgan fingerprint density at radius 3 is 2.22 bits per heavy atom. The van der Waals surface area contributed by atoms with Crippen LogP contribution < -0.4 is 14.4 Å². The van der Waals surface area contributed by atoms with Crippen LogP contribution >= 0.6 is 0 Å². The zero-order valence-corrected chi connectivity index (χ0v) is 19.3. The fourth-order valence-electron chi connectivity index (χ4n) is 3.34. The third-order valence-electron chi connectivity index (χ3n) is 5.02. The SMILES string of the molecule is CCC(NC(=O)CN(c1ccccc1Oc1ccccc1)S(C)(=O)=O)c1ccc(C)cc1. The summed E-state index contributed by atoms with van der Waals surface area (Å²) in [6, 6.07) is 23.6. The monoisotopic (exact) mass is 452 g/mol. The third kappa shape index (κ3) is 6.11. The molecule has 0 aliphatic carbocycles. The predicted molar refractivity (Wildman–Crippen MR) is 128 cm³/mol. The van der Waals surface area contributed by atoms with Gasteiger partial charge in [-0.1, -0.05) is 67.1 Å². The molecule has 3 aromatic rings. The molecule has 0 aromatic heterocycles. The summed E-state index contributed by atoms with van der Waals surface area (Å²) in [6.07, 6.45) is 1.76. The summed E-state index contributed by atoms with van der Waals surface area (Å²) in [5.74, 6) is 0.531. The van der Waals surface area contributed by atoms with Crippen LogP contribution in [0.4, 0.5) is 5.69 Å². The number of rotatable bonds is 9. The van der Waals surface area contributed by atoms with E-state index in [1.54, 1.807) is 36.4 Å². The van der Waals surface area contributed by atoms with Crippen molar-refractivity contribution >= 4 is 21.6 Å². The third-order valence-corrected chi connectivity index (χ3v) is 6.14. The number of para-hydroxylation sites is 3. The highest BCUT2D eigenvalue weighted by atomic mass is 32.2. The number of sulfonamides is 1. The number of benzene rings is 3. The second kappa shape index (κ2) is 10.3. The molecule has 0 radical (unpaired) electrons. The standard InChI is InChI=1S/C25H28N2O4S/c1-4-22(20-16-14-19(2)15-17-20)26-25(28)18-27(32(3,29)30)23-12-8-9-13-24(23)31-21-10-6-5-7-11-21/h5-17,22H,4,18H2,1-3H3,(H,26,28). The number of amides is 1. The normalized spacial score (nSPS) is 12.1. The average Bonchev–Trinajstić information content (AvgIpc) is 2.77. The number of aryl methyl sites for hydroxylation is 1. The van der Waals surface area contributed by atoms with Crippen LogP contribution in [0, 0.1) is 6.92 Å². The average molecular weight is 453 g/mol. The van der Waals surface area contributed by atoms with E-state index in [1.165, 1.54) is 0 Å². The van der Waals surface area contributed by atoms with E-state index < -0.39 is 15.9 Å². The van der Waals surface area contributed by atoms with Gasteiger partial charge in [-0.05, 0) is 43.2 Å². The number of carbonyl (C=O) groups excluding carboxylic acids is 1. The Morgan fingerprint density at radius 1 is 0.969 bits per heavy atom. The van der Waals surface area contributed by atoms with Crippen LogP contribution in [0.5, 0.6) is 11.5 Å². The summed E-state index contributed by atoms with van der Waals surface area (Å²) in [5.41, 5.74) is 2.41. The molecule has 0 spiro atoms. The smallest absolute Gasteiger partial charge is 0.241 e. The zero-order chi connectivity index (χ0) is 23.1. The van der Waals surface area contributed by atoms with Gasteiger partial charge < -0.3 is 10.1 Å². The Morgan fingerprint density at radius 2 is 1.59 bits per heavy atom. The molecule has 6 nitrogen and oxygen atoms in total. The van der Waals surface area contributed by atoms with Crippen molar-refractivity contribution in [3.63, 3.8) is 0 Å². The van der Waals surface area contributed by atoms with Crippen LogP contribution in [0.2, 0.25) is 0 Å². The highest BCUT2D eigenvalue weighted by Crippen LogP contribution is 2.33. The van der Waals surface area contributed by atoms with E-state index >= 15 is 0 Å². The molecule has 0 fully saturated rings. The fraction of sp³-hybridized carbons (Fsp3) is 0.240. The van der Waals surface area contributed by atoms with Crippen LogP contribution in [0.3, 0.4) is 0 Å². The van der Waals surface area contributed by atoms with Crippen LogP contribution in [0.25, 0.3) is 0 Å². The minimum Gasteiger partial charge on any atom is -0.455 e. The Labute approximate surface area is 189 Å². The number of nitrogens with zero attached hydrogens (tertiary/aromatic N) is 1. The Balaban J connectivity index is 1.83. The van der Waals surface area contributed by atoms with Crippen molar-refractivity contribution in [1.29, 1.82) is 0 Å². The van der Waals surface area contributed by atoms with Gasteiger partial charge in [0.2, 0.25) is 15.9 Å². The second-order valence-corrected chi connectivity index (χ2v) is 9.50. The maximum absolute atomic E-state index is 12.9. The molecule has 0 saturated heterocycles. The highest BCUT2D eigenvalue weighted by molar-refractivity contribution is 7.92. The lowest BCUT2D eigenvalue weighted by Gasteiger charge is -2.25. The van der Waals surface area contributed by atoms with Gasteiger partial charge >= 0.3 is 0 Å². The topological polar surface area (TPSA) is 75.7 Å². The molecule has 168 valence electrons. The molecule has 0 bridgehead atoms. The minimum absolute atomic E-state index is 0.208. The van der Waals surface area contributed by atoms with Gasteiger partial charge in [-0.25, -0.2) is 8.42 Å². The first-order valence-corrected chi connectivity index (χ1v) is 12.3. The molecule has 0 aliphatic heterocycles. The van der Waals surface area contributed by atoms with Crippen molar-refractivity contribution in [2.24, 2.45) is 0 Å². The van der Waals surface area contributed by atoms with Gasteiger partial charge in [0.15, 0.2) is 5.75 Å². The van der Waals surface area contributed by atoms with Crippen molar-refractivity contribution in [2.75, 3.05) is 17.1 Å². The number of nitrogens with one attached hydrogen (secondary N) is 1. The quantitative estimate of drug-likeness (QED) is 0.505. The minimum atomic E-state index is -3.75. The predicted octanol–water partition coefficient (Wildman–Crippen LogP) is 4.82. The van der Waals surface area contributed by atoms with Crippen molar-refractivity contribution in [1.82, 2.24) is 5.32 Å². The molecule has 1 unspecified atom stereocenters. The fourth-order valence-corrected chi connectivity index (χ4v) is 4.20. The van der Waals surface area contributed by atoms with Crippen LogP contribution in [0.15, 0.2) is 78.9 Å². The summed E-state index contributed by atoms with van der Waals surface area (Å²) in [5, 5.41) is 2.96. The van der Waals surface area contributed by atoms with Crippen molar-refractivity contribution in [3.05, 3.63) is 90.0 Å². The van der Waals surface area contributed by atoms with Gasteiger partial charge in [-0.2, -0.15) is 0 Å². The second-order valence-electron chi connectivity index (χ2n) is 7.59. The summed E-state index contributed by atoms with van der Waals surface area (Å²) in [6.45, 7) is 3.63. The van der Waals surface area contributed by atoms with Crippen molar-refractivity contribution in [2.45, 2.75) is 26.3 Å². The van der Waals surface area contributed by atoms with Crippen LogP contribution in [-0.2, 0) is 14.8 Å². The first kappa shape index (κ1) is 23.3. The molecular weight excluding hydrogens is 424 g/mol. The number of hydrogen-bond donors (Lipinski definition) is 1. The molecule has 1 amide bonds. The lowest BCUT2D eigenvalue weighted by atomic mass is 10.0. The van der Waals surface area contributed by atoms with E-state index in [4.69, 9.17) is 4.74 Å². The van der Waals surface area contributed by atoms with E-state index in [2.05, 4.69) is 5.32 Å². The van der Waals surface area contributed by atoms with E-state index in [0.29, 0.717) is 23.6 Å².